The van der Waals surface area contributed by atoms with Gasteiger partial charge in [0.1, 0.15) is 12.4 Å². The highest BCUT2D eigenvalue weighted by molar-refractivity contribution is 5.80. The van der Waals surface area contributed by atoms with E-state index in [9.17, 15) is 4.79 Å². The number of hydrogen-bond donors (Lipinski definition) is 2. The van der Waals surface area contributed by atoms with Crippen molar-refractivity contribution in [3.8, 4) is 11.3 Å². The summed E-state index contributed by atoms with van der Waals surface area (Å²) in [6.45, 7) is 4.12. The van der Waals surface area contributed by atoms with E-state index in [1.807, 2.05) is 50.2 Å². The molecule has 1 aliphatic carbocycles. The van der Waals surface area contributed by atoms with Gasteiger partial charge in [0, 0.05) is 22.9 Å². The number of hydrogen-bond acceptors (Lipinski definition) is 3. The molecule has 2 aromatic carbocycles. The number of carbonyl (C=O) groups excluding carboxylic acids is 1. The monoisotopic (exact) mass is 360 g/mol. The molecule has 1 aliphatic rings. The molecule has 1 heterocycles. The van der Waals surface area contributed by atoms with Gasteiger partial charge in [0.2, 0.25) is 5.91 Å². The SMILES string of the molecule is CC(C)NC(=O)Cn1nc2c(c1Nc1ccccc1)CCc1ccccc1-2. The van der Waals surface area contributed by atoms with Gasteiger partial charge < -0.3 is 10.6 Å². The fraction of sp³-hybridized carbons (Fsp3) is 0.273. The summed E-state index contributed by atoms with van der Waals surface area (Å²) in [5.41, 5.74) is 5.62. The molecule has 5 nitrogen and oxygen atoms in total. The van der Waals surface area contributed by atoms with Gasteiger partial charge in [-0.05, 0) is 44.4 Å². The van der Waals surface area contributed by atoms with E-state index in [4.69, 9.17) is 5.10 Å². The normalized spacial score (nSPS) is 12.4. The first kappa shape index (κ1) is 17.3. The number of fused-ring (bicyclic) bond motifs is 3. The number of amides is 1. The quantitative estimate of drug-likeness (QED) is 0.725. The molecule has 138 valence electrons. The van der Waals surface area contributed by atoms with Crippen LogP contribution in [0.4, 0.5) is 11.5 Å². The smallest absolute Gasteiger partial charge is 0.242 e. The summed E-state index contributed by atoms with van der Waals surface area (Å²) < 4.78 is 1.80. The Balaban J connectivity index is 1.76. The number of rotatable bonds is 5. The van der Waals surface area contributed by atoms with Gasteiger partial charge in [-0.25, -0.2) is 4.68 Å². The largest absolute Gasteiger partial charge is 0.352 e. The standard InChI is InChI=1S/C22H24N4O/c1-15(2)23-20(27)14-26-22(24-17-9-4-3-5-10-17)19-13-12-16-8-6-7-11-18(16)21(19)25-26/h3-11,15,24H,12-14H2,1-2H3,(H,23,27). The molecular weight excluding hydrogens is 336 g/mol. The zero-order valence-corrected chi connectivity index (χ0v) is 15.7. The van der Waals surface area contributed by atoms with Crippen LogP contribution in [0.25, 0.3) is 11.3 Å². The van der Waals surface area contributed by atoms with Gasteiger partial charge in [0.05, 0.1) is 5.69 Å². The van der Waals surface area contributed by atoms with Crippen LogP contribution < -0.4 is 10.6 Å². The second kappa shape index (κ2) is 7.27. The van der Waals surface area contributed by atoms with Crippen molar-refractivity contribution in [2.24, 2.45) is 0 Å². The van der Waals surface area contributed by atoms with E-state index in [2.05, 4.69) is 28.8 Å². The van der Waals surface area contributed by atoms with Gasteiger partial charge >= 0.3 is 0 Å². The summed E-state index contributed by atoms with van der Waals surface area (Å²) in [7, 11) is 0. The second-order valence-corrected chi connectivity index (χ2v) is 7.20. The average Bonchev–Trinajstić information content (AvgIpc) is 2.99. The fourth-order valence-corrected chi connectivity index (χ4v) is 3.60. The fourth-order valence-electron chi connectivity index (χ4n) is 3.60. The minimum Gasteiger partial charge on any atom is -0.352 e. The van der Waals surface area contributed by atoms with Crippen molar-refractivity contribution in [1.29, 1.82) is 0 Å². The molecule has 0 atom stereocenters. The lowest BCUT2D eigenvalue weighted by atomic mass is 9.90. The minimum absolute atomic E-state index is 0.0331. The molecule has 0 aliphatic heterocycles. The predicted octanol–water partition coefficient (Wildman–Crippen LogP) is 3.92. The van der Waals surface area contributed by atoms with Crippen molar-refractivity contribution in [2.75, 3.05) is 5.32 Å². The molecule has 0 unspecified atom stereocenters. The first-order valence-corrected chi connectivity index (χ1v) is 9.41. The molecular formula is C22H24N4O. The summed E-state index contributed by atoms with van der Waals surface area (Å²) in [4.78, 5) is 12.4. The number of anilines is 2. The molecule has 3 aromatic rings. The molecule has 1 aromatic heterocycles. The van der Waals surface area contributed by atoms with Crippen molar-refractivity contribution in [3.63, 3.8) is 0 Å². The van der Waals surface area contributed by atoms with Gasteiger partial charge in [-0.3, -0.25) is 4.79 Å². The maximum absolute atomic E-state index is 12.4. The van der Waals surface area contributed by atoms with Gasteiger partial charge in [-0.15, -0.1) is 0 Å². The summed E-state index contributed by atoms with van der Waals surface area (Å²) in [5.74, 6) is 0.874. The van der Waals surface area contributed by atoms with Gasteiger partial charge in [0.15, 0.2) is 0 Å². The lowest BCUT2D eigenvalue weighted by Crippen LogP contribution is -2.33. The van der Waals surface area contributed by atoms with Crippen molar-refractivity contribution in [2.45, 2.75) is 39.3 Å². The molecule has 27 heavy (non-hydrogen) atoms. The van der Waals surface area contributed by atoms with Crippen LogP contribution in [0.2, 0.25) is 0 Å². The predicted molar refractivity (Wildman–Crippen MR) is 108 cm³/mol. The van der Waals surface area contributed by atoms with E-state index in [1.165, 1.54) is 11.1 Å². The first-order chi connectivity index (χ1) is 13.1. The number of carbonyl (C=O) groups is 1. The van der Waals surface area contributed by atoms with Crippen molar-refractivity contribution in [1.82, 2.24) is 15.1 Å². The lowest BCUT2D eigenvalue weighted by molar-refractivity contribution is -0.122. The van der Waals surface area contributed by atoms with E-state index in [1.54, 1.807) is 4.68 Å². The van der Waals surface area contributed by atoms with E-state index in [0.717, 1.165) is 35.6 Å². The highest BCUT2D eigenvalue weighted by Crippen LogP contribution is 2.37. The van der Waals surface area contributed by atoms with Crippen LogP contribution in [0.15, 0.2) is 54.6 Å². The zero-order valence-electron chi connectivity index (χ0n) is 15.7. The molecule has 0 spiro atoms. The molecule has 4 rings (SSSR count). The zero-order chi connectivity index (χ0) is 18.8. The Bertz CT molecular complexity index is 960. The van der Waals surface area contributed by atoms with Gasteiger partial charge in [0.25, 0.3) is 0 Å². The molecule has 0 saturated carbocycles. The van der Waals surface area contributed by atoms with Crippen LogP contribution in [0.5, 0.6) is 0 Å². The Morgan fingerprint density at radius 1 is 1.07 bits per heavy atom. The van der Waals surface area contributed by atoms with Gasteiger partial charge in [-0.1, -0.05) is 42.5 Å². The number of aryl methyl sites for hydroxylation is 1. The van der Waals surface area contributed by atoms with E-state index in [-0.39, 0.29) is 18.5 Å². The molecule has 5 heteroatoms. The molecule has 0 saturated heterocycles. The number of aromatic nitrogens is 2. The maximum atomic E-state index is 12.4. The molecule has 1 amide bonds. The number of benzene rings is 2. The number of nitrogens with zero attached hydrogens (tertiary/aromatic N) is 2. The number of nitrogens with one attached hydrogen (secondary N) is 2. The number of para-hydroxylation sites is 1. The minimum atomic E-state index is -0.0331. The Hall–Kier alpha value is -3.08. The maximum Gasteiger partial charge on any atom is 0.242 e. The molecule has 2 N–H and O–H groups in total. The molecule has 0 fully saturated rings. The van der Waals surface area contributed by atoms with Crippen molar-refractivity contribution >= 4 is 17.4 Å². The van der Waals surface area contributed by atoms with E-state index < -0.39 is 0 Å². The Kier molecular flexibility index (Phi) is 4.67. The van der Waals surface area contributed by atoms with Crippen LogP contribution >= 0.6 is 0 Å². The highest BCUT2D eigenvalue weighted by Gasteiger charge is 2.25. The third-order valence-electron chi connectivity index (χ3n) is 4.75. The Morgan fingerprint density at radius 3 is 2.59 bits per heavy atom. The highest BCUT2D eigenvalue weighted by atomic mass is 16.2. The van der Waals surface area contributed by atoms with E-state index >= 15 is 0 Å². The average molecular weight is 360 g/mol. The van der Waals surface area contributed by atoms with Crippen molar-refractivity contribution in [3.05, 3.63) is 65.7 Å². The summed E-state index contributed by atoms with van der Waals surface area (Å²) in [6, 6.07) is 18.5. The Morgan fingerprint density at radius 2 is 1.81 bits per heavy atom. The topological polar surface area (TPSA) is 59.0 Å². The molecule has 0 radical (unpaired) electrons. The summed E-state index contributed by atoms with van der Waals surface area (Å²) in [6.07, 6.45) is 1.89. The Labute approximate surface area is 159 Å². The summed E-state index contributed by atoms with van der Waals surface area (Å²) in [5, 5.41) is 11.3. The summed E-state index contributed by atoms with van der Waals surface area (Å²) >= 11 is 0. The van der Waals surface area contributed by atoms with Crippen LogP contribution in [0.1, 0.15) is 25.0 Å². The second-order valence-electron chi connectivity index (χ2n) is 7.20. The van der Waals surface area contributed by atoms with Crippen molar-refractivity contribution < 1.29 is 4.79 Å². The molecule has 0 bridgehead atoms. The van der Waals surface area contributed by atoms with Crippen LogP contribution in [0.3, 0.4) is 0 Å². The first-order valence-electron chi connectivity index (χ1n) is 9.41. The third-order valence-corrected chi connectivity index (χ3v) is 4.75. The van der Waals surface area contributed by atoms with Crippen LogP contribution in [-0.2, 0) is 24.2 Å². The van der Waals surface area contributed by atoms with E-state index in [0.29, 0.717) is 0 Å². The van der Waals surface area contributed by atoms with Crippen LogP contribution in [0, 0.1) is 0 Å². The lowest BCUT2D eigenvalue weighted by Gasteiger charge is -2.16. The third kappa shape index (κ3) is 3.58. The van der Waals surface area contributed by atoms with Gasteiger partial charge in [-0.2, -0.15) is 5.10 Å². The van der Waals surface area contributed by atoms with Crippen LogP contribution in [-0.4, -0.2) is 21.7 Å².